The lowest BCUT2D eigenvalue weighted by Crippen LogP contribution is -2.30. The van der Waals surface area contributed by atoms with Gasteiger partial charge in [0.05, 0.1) is 6.10 Å². The van der Waals surface area contributed by atoms with Crippen molar-refractivity contribution in [3.63, 3.8) is 0 Å². The topological polar surface area (TPSA) is 30.5 Å². The van der Waals surface area contributed by atoms with E-state index in [2.05, 4.69) is 12.2 Å². The molecule has 0 aliphatic carbocycles. The molecule has 3 nitrogen and oxygen atoms in total. The Morgan fingerprint density at radius 3 is 2.88 bits per heavy atom. The number of benzene rings is 1. The quantitative estimate of drug-likeness (QED) is 0.766. The molecule has 17 heavy (non-hydrogen) atoms. The summed E-state index contributed by atoms with van der Waals surface area (Å²) in [6.45, 7) is 5.69. The van der Waals surface area contributed by atoms with Crippen molar-refractivity contribution < 1.29 is 9.47 Å². The molecule has 1 aromatic carbocycles. The second-order valence-corrected chi connectivity index (χ2v) is 4.49. The average molecular weight is 235 g/mol. The van der Waals surface area contributed by atoms with Crippen LogP contribution in [0.1, 0.15) is 13.3 Å². The lowest BCUT2D eigenvalue weighted by atomic mass is 10.0. The van der Waals surface area contributed by atoms with Gasteiger partial charge in [-0.1, -0.05) is 18.2 Å². The highest BCUT2D eigenvalue weighted by molar-refractivity contribution is 5.20. The fourth-order valence-electron chi connectivity index (χ4n) is 2.09. The zero-order valence-electron chi connectivity index (χ0n) is 10.4. The summed E-state index contributed by atoms with van der Waals surface area (Å²) < 4.78 is 11.1. The Bertz CT molecular complexity index is 315. The SMILES string of the molecule is CC1OCCC1CNCCOc1ccccc1. The van der Waals surface area contributed by atoms with Crippen molar-refractivity contribution in [2.75, 3.05) is 26.3 Å². The number of hydrogen-bond donors (Lipinski definition) is 1. The van der Waals surface area contributed by atoms with Gasteiger partial charge in [0.2, 0.25) is 0 Å². The van der Waals surface area contributed by atoms with Crippen LogP contribution in [0.3, 0.4) is 0 Å². The van der Waals surface area contributed by atoms with Crippen molar-refractivity contribution in [1.82, 2.24) is 5.32 Å². The Morgan fingerprint density at radius 2 is 2.18 bits per heavy atom. The summed E-state index contributed by atoms with van der Waals surface area (Å²) in [4.78, 5) is 0. The Morgan fingerprint density at radius 1 is 1.35 bits per heavy atom. The van der Waals surface area contributed by atoms with Gasteiger partial charge >= 0.3 is 0 Å². The van der Waals surface area contributed by atoms with Gasteiger partial charge in [0.25, 0.3) is 0 Å². The van der Waals surface area contributed by atoms with Crippen LogP contribution in [-0.2, 0) is 4.74 Å². The van der Waals surface area contributed by atoms with Crippen LogP contribution < -0.4 is 10.1 Å². The van der Waals surface area contributed by atoms with Crippen LogP contribution in [0, 0.1) is 5.92 Å². The van der Waals surface area contributed by atoms with Crippen LogP contribution in [0.25, 0.3) is 0 Å². The predicted octanol–water partition coefficient (Wildman–Crippen LogP) is 2.08. The van der Waals surface area contributed by atoms with Crippen LogP contribution in [0.2, 0.25) is 0 Å². The lowest BCUT2D eigenvalue weighted by Gasteiger charge is -2.14. The molecule has 2 rings (SSSR count). The molecule has 3 heteroatoms. The monoisotopic (exact) mass is 235 g/mol. The van der Waals surface area contributed by atoms with E-state index >= 15 is 0 Å². The van der Waals surface area contributed by atoms with Crippen LogP contribution in [-0.4, -0.2) is 32.4 Å². The van der Waals surface area contributed by atoms with E-state index in [1.54, 1.807) is 0 Å². The summed E-state index contributed by atoms with van der Waals surface area (Å²) in [7, 11) is 0. The standard InChI is InChI=1S/C14H21NO2/c1-12-13(7-9-16-12)11-15-8-10-17-14-5-3-2-4-6-14/h2-6,12-13,15H,7-11H2,1H3. The van der Waals surface area contributed by atoms with Gasteiger partial charge in [-0.3, -0.25) is 0 Å². The van der Waals surface area contributed by atoms with Crippen molar-refractivity contribution in [2.45, 2.75) is 19.4 Å². The number of rotatable bonds is 6. The van der Waals surface area contributed by atoms with E-state index in [0.717, 1.165) is 25.4 Å². The van der Waals surface area contributed by atoms with Crippen molar-refractivity contribution in [2.24, 2.45) is 5.92 Å². The molecule has 0 amide bonds. The highest BCUT2D eigenvalue weighted by Crippen LogP contribution is 2.19. The Kier molecular flexibility index (Phi) is 4.83. The molecule has 1 N–H and O–H groups in total. The Labute approximate surface area is 103 Å². The number of nitrogens with one attached hydrogen (secondary N) is 1. The number of para-hydroxylation sites is 1. The minimum atomic E-state index is 0.401. The molecule has 0 aromatic heterocycles. The third-order valence-electron chi connectivity index (χ3n) is 3.23. The summed E-state index contributed by atoms with van der Waals surface area (Å²) in [5, 5.41) is 3.42. The van der Waals surface area contributed by atoms with Crippen LogP contribution in [0.15, 0.2) is 30.3 Å². The molecule has 1 aliphatic rings. The summed E-state index contributed by atoms with van der Waals surface area (Å²) >= 11 is 0. The van der Waals surface area contributed by atoms with Gasteiger partial charge < -0.3 is 14.8 Å². The first-order valence-electron chi connectivity index (χ1n) is 6.36. The van der Waals surface area contributed by atoms with Gasteiger partial charge in [-0.15, -0.1) is 0 Å². The van der Waals surface area contributed by atoms with Crippen molar-refractivity contribution in [3.05, 3.63) is 30.3 Å². The van der Waals surface area contributed by atoms with E-state index in [1.165, 1.54) is 6.42 Å². The van der Waals surface area contributed by atoms with Gasteiger partial charge in [-0.05, 0) is 31.4 Å². The molecule has 0 saturated carbocycles. The molecular weight excluding hydrogens is 214 g/mol. The molecule has 1 saturated heterocycles. The molecule has 1 heterocycles. The molecule has 94 valence electrons. The van der Waals surface area contributed by atoms with Gasteiger partial charge in [0.15, 0.2) is 0 Å². The first-order valence-corrected chi connectivity index (χ1v) is 6.36. The summed E-state index contributed by atoms with van der Waals surface area (Å²) in [6.07, 6.45) is 1.57. The molecule has 1 fully saturated rings. The highest BCUT2D eigenvalue weighted by atomic mass is 16.5. The number of hydrogen-bond acceptors (Lipinski definition) is 3. The first kappa shape index (κ1) is 12.4. The lowest BCUT2D eigenvalue weighted by molar-refractivity contribution is 0.105. The normalized spacial score (nSPS) is 23.8. The number of ether oxygens (including phenoxy) is 2. The zero-order chi connectivity index (χ0) is 11.9. The van der Waals surface area contributed by atoms with Gasteiger partial charge in [0.1, 0.15) is 12.4 Å². The predicted molar refractivity (Wildman–Crippen MR) is 68.3 cm³/mol. The fourth-order valence-corrected chi connectivity index (χ4v) is 2.09. The molecular formula is C14H21NO2. The average Bonchev–Trinajstić information content (AvgIpc) is 2.76. The molecule has 0 radical (unpaired) electrons. The summed E-state index contributed by atoms with van der Waals surface area (Å²) in [5.74, 6) is 1.60. The van der Waals surface area contributed by atoms with E-state index in [4.69, 9.17) is 9.47 Å². The Balaban J connectivity index is 1.55. The minimum absolute atomic E-state index is 0.401. The maximum absolute atomic E-state index is 5.60. The molecule has 2 unspecified atom stereocenters. The molecule has 2 atom stereocenters. The zero-order valence-corrected chi connectivity index (χ0v) is 10.4. The van der Waals surface area contributed by atoms with Crippen molar-refractivity contribution >= 4 is 0 Å². The smallest absolute Gasteiger partial charge is 0.119 e. The second-order valence-electron chi connectivity index (χ2n) is 4.49. The van der Waals surface area contributed by atoms with Crippen LogP contribution >= 0.6 is 0 Å². The van der Waals surface area contributed by atoms with Gasteiger partial charge in [0, 0.05) is 19.7 Å². The third-order valence-corrected chi connectivity index (χ3v) is 3.23. The molecule has 1 aromatic rings. The third kappa shape index (κ3) is 4.02. The van der Waals surface area contributed by atoms with Crippen molar-refractivity contribution in [3.8, 4) is 5.75 Å². The van der Waals surface area contributed by atoms with Gasteiger partial charge in [-0.2, -0.15) is 0 Å². The Hall–Kier alpha value is -1.06. The molecule has 0 spiro atoms. The van der Waals surface area contributed by atoms with Crippen LogP contribution in [0.4, 0.5) is 0 Å². The summed E-state index contributed by atoms with van der Waals surface area (Å²) in [6, 6.07) is 9.92. The second kappa shape index (κ2) is 6.62. The van der Waals surface area contributed by atoms with E-state index < -0.39 is 0 Å². The van der Waals surface area contributed by atoms with E-state index in [9.17, 15) is 0 Å². The molecule has 1 aliphatic heterocycles. The maximum atomic E-state index is 5.60. The first-order chi connectivity index (χ1) is 8.36. The van der Waals surface area contributed by atoms with E-state index in [0.29, 0.717) is 18.6 Å². The van der Waals surface area contributed by atoms with E-state index in [-0.39, 0.29) is 0 Å². The van der Waals surface area contributed by atoms with E-state index in [1.807, 2.05) is 30.3 Å². The van der Waals surface area contributed by atoms with Crippen LogP contribution in [0.5, 0.6) is 5.75 Å². The largest absolute Gasteiger partial charge is 0.492 e. The maximum Gasteiger partial charge on any atom is 0.119 e. The molecule has 0 bridgehead atoms. The fraction of sp³-hybridized carbons (Fsp3) is 0.571. The summed E-state index contributed by atoms with van der Waals surface area (Å²) in [5.41, 5.74) is 0. The minimum Gasteiger partial charge on any atom is -0.492 e. The van der Waals surface area contributed by atoms with Gasteiger partial charge in [-0.25, -0.2) is 0 Å². The highest BCUT2D eigenvalue weighted by Gasteiger charge is 2.23. The van der Waals surface area contributed by atoms with Crippen molar-refractivity contribution in [1.29, 1.82) is 0 Å².